The lowest BCUT2D eigenvalue weighted by Crippen LogP contribution is -2.48. The van der Waals surface area contributed by atoms with Gasteiger partial charge >= 0.3 is 0 Å². The van der Waals surface area contributed by atoms with Crippen molar-refractivity contribution in [3.05, 3.63) is 29.6 Å². The SMILES string of the molecule is CC(C)N1CCN(c2ccc(Nc3nc(N)cs3)cc2)CC1. The highest BCUT2D eigenvalue weighted by Gasteiger charge is 2.18. The van der Waals surface area contributed by atoms with Crippen LogP contribution in [0.15, 0.2) is 29.6 Å². The topological polar surface area (TPSA) is 57.4 Å². The summed E-state index contributed by atoms with van der Waals surface area (Å²) in [5.41, 5.74) is 7.96. The number of piperazine rings is 1. The molecule has 1 fully saturated rings. The maximum absolute atomic E-state index is 5.63. The first-order valence-corrected chi connectivity index (χ1v) is 8.57. The van der Waals surface area contributed by atoms with E-state index in [0.717, 1.165) is 37.0 Å². The Morgan fingerprint density at radius 2 is 1.82 bits per heavy atom. The zero-order valence-electron chi connectivity index (χ0n) is 13.1. The molecule has 0 atom stereocenters. The first kappa shape index (κ1) is 15.1. The van der Waals surface area contributed by atoms with E-state index in [0.29, 0.717) is 11.9 Å². The normalized spacial score (nSPS) is 16.2. The van der Waals surface area contributed by atoms with E-state index in [1.165, 1.54) is 17.0 Å². The molecule has 2 heterocycles. The molecule has 1 aliphatic heterocycles. The second kappa shape index (κ2) is 6.54. The van der Waals surface area contributed by atoms with Crippen molar-refractivity contribution in [2.75, 3.05) is 42.1 Å². The second-order valence-corrected chi connectivity index (χ2v) is 6.72. The maximum atomic E-state index is 5.63. The van der Waals surface area contributed by atoms with Crippen LogP contribution in [0.25, 0.3) is 0 Å². The molecule has 2 aromatic rings. The molecule has 0 bridgehead atoms. The molecule has 118 valence electrons. The molecule has 0 radical (unpaired) electrons. The van der Waals surface area contributed by atoms with E-state index in [2.05, 4.69) is 58.2 Å². The summed E-state index contributed by atoms with van der Waals surface area (Å²) in [5.74, 6) is 0.562. The largest absolute Gasteiger partial charge is 0.383 e. The van der Waals surface area contributed by atoms with Crippen LogP contribution in [0.3, 0.4) is 0 Å². The summed E-state index contributed by atoms with van der Waals surface area (Å²) in [7, 11) is 0. The zero-order valence-corrected chi connectivity index (χ0v) is 13.9. The Kier molecular flexibility index (Phi) is 4.49. The van der Waals surface area contributed by atoms with Crippen LogP contribution in [0.5, 0.6) is 0 Å². The van der Waals surface area contributed by atoms with Crippen molar-refractivity contribution in [2.45, 2.75) is 19.9 Å². The Hall–Kier alpha value is -1.79. The number of hydrogen-bond donors (Lipinski definition) is 2. The van der Waals surface area contributed by atoms with Crippen molar-refractivity contribution in [1.82, 2.24) is 9.88 Å². The molecule has 22 heavy (non-hydrogen) atoms. The van der Waals surface area contributed by atoms with Gasteiger partial charge in [0.25, 0.3) is 0 Å². The highest BCUT2D eigenvalue weighted by molar-refractivity contribution is 7.14. The van der Waals surface area contributed by atoms with Gasteiger partial charge in [-0.25, -0.2) is 4.98 Å². The Morgan fingerprint density at radius 3 is 2.36 bits per heavy atom. The summed E-state index contributed by atoms with van der Waals surface area (Å²) >= 11 is 1.52. The van der Waals surface area contributed by atoms with E-state index in [1.807, 2.05) is 5.38 Å². The molecular formula is C16H23N5S. The van der Waals surface area contributed by atoms with Gasteiger partial charge in [0, 0.05) is 49.0 Å². The standard InChI is InChI=1S/C16H23N5S/c1-12(2)20-7-9-21(10-8-20)14-5-3-13(4-6-14)18-16-19-15(17)11-22-16/h3-6,11-12H,7-10,17H2,1-2H3,(H,18,19). The average Bonchev–Trinajstić information content (AvgIpc) is 2.93. The third kappa shape index (κ3) is 3.51. The van der Waals surface area contributed by atoms with Gasteiger partial charge in [-0.3, -0.25) is 4.90 Å². The number of rotatable bonds is 4. The zero-order chi connectivity index (χ0) is 15.5. The Labute approximate surface area is 135 Å². The van der Waals surface area contributed by atoms with E-state index in [9.17, 15) is 0 Å². The molecule has 1 aromatic heterocycles. The van der Waals surface area contributed by atoms with Gasteiger partial charge in [0.05, 0.1) is 0 Å². The van der Waals surface area contributed by atoms with Crippen molar-refractivity contribution >= 4 is 33.7 Å². The monoisotopic (exact) mass is 317 g/mol. The molecule has 0 saturated carbocycles. The van der Waals surface area contributed by atoms with E-state index in [-0.39, 0.29) is 0 Å². The van der Waals surface area contributed by atoms with E-state index < -0.39 is 0 Å². The van der Waals surface area contributed by atoms with Gasteiger partial charge in [-0.15, -0.1) is 11.3 Å². The smallest absolute Gasteiger partial charge is 0.189 e. The molecule has 5 nitrogen and oxygen atoms in total. The fourth-order valence-electron chi connectivity index (χ4n) is 2.72. The van der Waals surface area contributed by atoms with Crippen LogP contribution in [-0.4, -0.2) is 42.1 Å². The van der Waals surface area contributed by atoms with Gasteiger partial charge in [-0.05, 0) is 38.1 Å². The molecule has 3 rings (SSSR count). The predicted molar refractivity (Wildman–Crippen MR) is 95.2 cm³/mol. The lowest BCUT2D eigenvalue weighted by Gasteiger charge is -2.38. The van der Waals surface area contributed by atoms with Crippen LogP contribution >= 0.6 is 11.3 Å². The molecular weight excluding hydrogens is 294 g/mol. The van der Waals surface area contributed by atoms with Gasteiger partial charge in [0.2, 0.25) is 0 Å². The number of hydrogen-bond acceptors (Lipinski definition) is 6. The van der Waals surface area contributed by atoms with Crippen LogP contribution in [0.1, 0.15) is 13.8 Å². The molecule has 1 aliphatic rings. The fraction of sp³-hybridized carbons (Fsp3) is 0.438. The lowest BCUT2D eigenvalue weighted by molar-refractivity contribution is 0.209. The Balaban J connectivity index is 1.60. The average molecular weight is 317 g/mol. The minimum atomic E-state index is 0.562. The van der Waals surface area contributed by atoms with Crippen LogP contribution < -0.4 is 16.0 Å². The summed E-state index contributed by atoms with van der Waals surface area (Å²) in [5, 5.41) is 5.95. The molecule has 0 unspecified atom stereocenters. The number of thiazole rings is 1. The van der Waals surface area contributed by atoms with Crippen LogP contribution in [0.4, 0.5) is 22.3 Å². The summed E-state index contributed by atoms with van der Waals surface area (Å²) in [4.78, 5) is 9.19. The lowest BCUT2D eigenvalue weighted by atomic mass is 10.2. The molecule has 1 saturated heterocycles. The second-order valence-electron chi connectivity index (χ2n) is 5.87. The fourth-order valence-corrected chi connectivity index (χ4v) is 3.34. The van der Waals surface area contributed by atoms with Gasteiger partial charge < -0.3 is 16.0 Å². The maximum Gasteiger partial charge on any atom is 0.189 e. The quantitative estimate of drug-likeness (QED) is 0.908. The first-order chi connectivity index (χ1) is 10.6. The van der Waals surface area contributed by atoms with Gasteiger partial charge in [0.15, 0.2) is 5.13 Å². The summed E-state index contributed by atoms with van der Waals surface area (Å²) < 4.78 is 0. The minimum Gasteiger partial charge on any atom is -0.383 e. The summed E-state index contributed by atoms with van der Waals surface area (Å²) in [6.07, 6.45) is 0. The summed E-state index contributed by atoms with van der Waals surface area (Å²) in [6, 6.07) is 9.18. The minimum absolute atomic E-state index is 0.562. The van der Waals surface area contributed by atoms with Gasteiger partial charge in [-0.1, -0.05) is 0 Å². The van der Waals surface area contributed by atoms with Crippen molar-refractivity contribution < 1.29 is 0 Å². The van der Waals surface area contributed by atoms with Crippen LogP contribution in [-0.2, 0) is 0 Å². The number of benzene rings is 1. The summed E-state index contributed by atoms with van der Waals surface area (Å²) in [6.45, 7) is 8.98. The van der Waals surface area contributed by atoms with Crippen LogP contribution in [0, 0.1) is 0 Å². The van der Waals surface area contributed by atoms with Gasteiger partial charge in [-0.2, -0.15) is 0 Å². The molecule has 3 N–H and O–H groups in total. The molecule has 6 heteroatoms. The van der Waals surface area contributed by atoms with Crippen molar-refractivity contribution in [3.63, 3.8) is 0 Å². The van der Waals surface area contributed by atoms with E-state index in [4.69, 9.17) is 5.73 Å². The first-order valence-electron chi connectivity index (χ1n) is 7.69. The van der Waals surface area contributed by atoms with Crippen molar-refractivity contribution in [1.29, 1.82) is 0 Å². The molecule has 0 aliphatic carbocycles. The third-order valence-electron chi connectivity index (χ3n) is 4.05. The number of nitrogens with two attached hydrogens (primary N) is 1. The molecule has 0 spiro atoms. The highest BCUT2D eigenvalue weighted by Crippen LogP contribution is 2.24. The number of nitrogen functional groups attached to an aromatic ring is 1. The Morgan fingerprint density at radius 1 is 1.14 bits per heavy atom. The highest BCUT2D eigenvalue weighted by atomic mass is 32.1. The van der Waals surface area contributed by atoms with Crippen molar-refractivity contribution in [2.24, 2.45) is 0 Å². The Bertz CT molecular complexity index is 599. The van der Waals surface area contributed by atoms with E-state index >= 15 is 0 Å². The van der Waals surface area contributed by atoms with E-state index in [1.54, 1.807) is 0 Å². The predicted octanol–water partition coefficient (Wildman–Crippen LogP) is 3.00. The van der Waals surface area contributed by atoms with Crippen molar-refractivity contribution in [3.8, 4) is 0 Å². The number of anilines is 4. The molecule has 1 aromatic carbocycles. The number of nitrogens with one attached hydrogen (secondary N) is 1. The van der Waals surface area contributed by atoms with Crippen LogP contribution in [0.2, 0.25) is 0 Å². The number of nitrogens with zero attached hydrogens (tertiary/aromatic N) is 3. The number of aromatic nitrogens is 1. The molecule has 0 amide bonds. The third-order valence-corrected chi connectivity index (χ3v) is 4.83. The van der Waals surface area contributed by atoms with Gasteiger partial charge in [0.1, 0.15) is 5.82 Å².